The van der Waals surface area contributed by atoms with E-state index in [-0.39, 0.29) is 5.91 Å². The van der Waals surface area contributed by atoms with Gasteiger partial charge in [0.05, 0.1) is 5.56 Å². The maximum Gasteiger partial charge on any atom is 0.253 e. The van der Waals surface area contributed by atoms with E-state index in [2.05, 4.69) is 46.4 Å². The molecule has 0 spiro atoms. The van der Waals surface area contributed by atoms with Gasteiger partial charge in [0, 0.05) is 41.1 Å². The molecule has 28 heavy (non-hydrogen) atoms. The lowest BCUT2D eigenvalue weighted by Crippen LogP contribution is -2.29. The lowest BCUT2D eigenvalue weighted by atomic mass is 10.0. The second-order valence-corrected chi connectivity index (χ2v) is 8.37. The topological polar surface area (TPSA) is 88.5 Å². The minimum Gasteiger partial charge on any atom is -0.352 e. The number of rotatable bonds is 6. The molecule has 0 saturated heterocycles. The summed E-state index contributed by atoms with van der Waals surface area (Å²) in [6, 6.07) is 6.01. The number of H-pyrrole nitrogens is 1. The van der Waals surface area contributed by atoms with Crippen molar-refractivity contribution in [2.45, 2.75) is 51.5 Å². The Labute approximate surface area is 172 Å². The van der Waals surface area contributed by atoms with Crippen LogP contribution in [0.5, 0.6) is 0 Å². The van der Waals surface area contributed by atoms with E-state index in [9.17, 15) is 4.79 Å². The van der Waals surface area contributed by atoms with Crippen molar-refractivity contribution in [1.29, 1.82) is 0 Å². The first-order valence-corrected chi connectivity index (χ1v) is 10.8. The van der Waals surface area contributed by atoms with Gasteiger partial charge in [-0.1, -0.05) is 52.9 Å². The van der Waals surface area contributed by atoms with Crippen LogP contribution < -0.4 is 5.32 Å². The van der Waals surface area contributed by atoms with Crippen LogP contribution >= 0.6 is 15.9 Å². The van der Waals surface area contributed by atoms with E-state index in [1.54, 1.807) is 0 Å². The van der Waals surface area contributed by atoms with Gasteiger partial charge in [-0.05, 0) is 30.9 Å². The molecule has 1 aliphatic rings. The number of benzene rings is 1. The smallest absolute Gasteiger partial charge is 0.253 e. The molecule has 1 fully saturated rings. The number of hydrogen-bond acceptors (Lipinski definition) is 4. The van der Waals surface area contributed by atoms with Gasteiger partial charge >= 0.3 is 0 Å². The average molecular weight is 445 g/mol. The third-order valence-electron chi connectivity index (χ3n) is 5.59. The lowest BCUT2D eigenvalue weighted by molar-refractivity contribution is 0.0947. The van der Waals surface area contributed by atoms with Gasteiger partial charge in [0.2, 0.25) is 0 Å². The van der Waals surface area contributed by atoms with Crippen LogP contribution in [0.2, 0.25) is 0 Å². The van der Waals surface area contributed by atoms with Crippen LogP contribution in [0, 0.1) is 5.92 Å². The standard InChI is InChI=1S/C20H25BrN6O/c21-16-8-5-9-17-19(16)15(13-27(17)11-10-18-23-25-26-24-18)20(28)22-12-14-6-3-1-2-4-7-14/h5,8-9,13-14H,1-4,6-7,10-12H2,(H,22,28)(H,23,24,25,26). The predicted molar refractivity (Wildman–Crippen MR) is 111 cm³/mol. The van der Waals surface area contributed by atoms with Crippen molar-refractivity contribution in [3.8, 4) is 0 Å². The largest absolute Gasteiger partial charge is 0.352 e. The molecule has 1 aromatic carbocycles. The number of halogens is 1. The molecule has 3 aromatic rings. The van der Waals surface area contributed by atoms with Gasteiger partial charge < -0.3 is 9.88 Å². The zero-order valence-electron chi connectivity index (χ0n) is 15.8. The number of tetrazole rings is 1. The van der Waals surface area contributed by atoms with Gasteiger partial charge in [-0.3, -0.25) is 4.79 Å². The number of aromatic amines is 1. The second-order valence-electron chi connectivity index (χ2n) is 7.52. The second kappa shape index (κ2) is 8.86. The molecular weight excluding hydrogens is 420 g/mol. The molecule has 2 N–H and O–H groups in total. The number of amides is 1. The average Bonchev–Trinajstić information content (AvgIpc) is 3.27. The fourth-order valence-electron chi connectivity index (χ4n) is 4.07. The Morgan fingerprint density at radius 1 is 1.25 bits per heavy atom. The first-order valence-electron chi connectivity index (χ1n) is 10.0. The number of aryl methyl sites for hydroxylation is 2. The fourth-order valence-corrected chi connectivity index (χ4v) is 4.64. The predicted octanol–water partition coefficient (Wildman–Crippen LogP) is 3.86. The quantitative estimate of drug-likeness (QED) is 0.564. The van der Waals surface area contributed by atoms with E-state index in [0.29, 0.717) is 30.3 Å². The highest BCUT2D eigenvalue weighted by atomic mass is 79.9. The molecule has 7 nitrogen and oxygen atoms in total. The molecule has 8 heteroatoms. The summed E-state index contributed by atoms with van der Waals surface area (Å²) in [5, 5.41) is 18.2. The van der Waals surface area contributed by atoms with Gasteiger partial charge in [-0.25, -0.2) is 0 Å². The van der Waals surface area contributed by atoms with Crippen molar-refractivity contribution in [3.05, 3.63) is 40.3 Å². The van der Waals surface area contributed by atoms with E-state index >= 15 is 0 Å². The van der Waals surface area contributed by atoms with Crippen molar-refractivity contribution in [2.24, 2.45) is 5.92 Å². The Hall–Kier alpha value is -2.22. The molecule has 1 aliphatic carbocycles. The molecule has 1 amide bonds. The maximum absolute atomic E-state index is 13.0. The summed E-state index contributed by atoms with van der Waals surface area (Å²) < 4.78 is 3.03. The molecule has 0 aliphatic heterocycles. The monoisotopic (exact) mass is 444 g/mol. The first-order chi connectivity index (χ1) is 13.7. The first kappa shape index (κ1) is 19.1. The molecule has 2 aromatic heterocycles. The number of aromatic nitrogens is 5. The highest BCUT2D eigenvalue weighted by Crippen LogP contribution is 2.29. The van der Waals surface area contributed by atoms with Crippen LogP contribution in [0.4, 0.5) is 0 Å². The summed E-state index contributed by atoms with van der Waals surface area (Å²) in [5.74, 6) is 1.26. The van der Waals surface area contributed by atoms with Crippen molar-refractivity contribution in [1.82, 2.24) is 30.5 Å². The summed E-state index contributed by atoms with van der Waals surface area (Å²) >= 11 is 3.62. The van der Waals surface area contributed by atoms with E-state index in [4.69, 9.17) is 0 Å². The summed E-state index contributed by atoms with van der Waals surface area (Å²) in [5.41, 5.74) is 1.74. The highest BCUT2D eigenvalue weighted by Gasteiger charge is 2.19. The van der Waals surface area contributed by atoms with E-state index in [1.165, 1.54) is 38.5 Å². The van der Waals surface area contributed by atoms with E-state index in [1.807, 2.05) is 24.4 Å². The minimum absolute atomic E-state index is 0.000502. The van der Waals surface area contributed by atoms with Gasteiger partial charge in [-0.2, -0.15) is 5.21 Å². The molecule has 0 bridgehead atoms. The highest BCUT2D eigenvalue weighted by molar-refractivity contribution is 9.10. The Morgan fingerprint density at radius 3 is 2.82 bits per heavy atom. The minimum atomic E-state index is -0.000502. The number of nitrogens with zero attached hydrogens (tertiary/aromatic N) is 4. The van der Waals surface area contributed by atoms with E-state index in [0.717, 1.165) is 21.9 Å². The number of hydrogen-bond donors (Lipinski definition) is 2. The Kier molecular flexibility index (Phi) is 6.04. The van der Waals surface area contributed by atoms with Gasteiger partial charge in [-0.15, -0.1) is 10.2 Å². The Bertz CT molecular complexity index is 928. The van der Waals surface area contributed by atoms with Gasteiger partial charge in [0.25, 0.3) is 5.91 Å². The maximum atomic E-state index is 13.0. The zero-order chi connectivity index (χ0) is 19.3. The van der Waals surface area contributed by atoms with Crippen LogP contribution in [0.25, 0.3) is 10.9 Å². The molecular formula is C20H25BrN6O. The van der Waals surface area contributed by atoms with Crippen molar-refractivity contribution >= 4 is 32.7 Å². The zero-order valence-corrected chi connectivity index (χ0v) is 17.4. The molecule has 2 heterocycles. The summed E-state index contributed by atoms with van der Waals surface area (Å²) in [4.78, 5) is 13.0. The summed E-state index contributed by atoms with van der Waals surface area (Å²) in [6.45, 7) is 1.45. The van der Waals surface area contributed by atoms with Crippen LogP contribution in [0.1, 0.15) is 54.7 Å². The lowest BCUT2D eigenvalue weighted by Gasteiger charge is -2.14. The van der Waals surface area contributed by atoms with Crippen LogP contribution in [0.15, 0.2) is 28.9 Å². The third kappa shape index (κ3) is 4.27. The number of carbonyl (C=O) groups is 1. The summed E-state index contributed by atoms with van der Waals surface area (Å²) in [7, 11) is 0. The molecule has 148 valence electrons. The molecule has 0 atom stereocenters. The number of carbonyl (C=O) groups excluding carboxylic acids is 1. The Morgan fingerprint density at radius 2 is 2.07 bits per heavy atom. The Balaban J connectivity index is 1.52. The molecule has 4 rings (SSSR count). The van der Waals surface area contributed by atoms with Crippen molar-refractivity contribution in [2.75, 3.05) is 6.54 Å². The number of nitrogens with one attached hydrogen (secondary N) is 2. The molecule has 1 saturated carbocycles. The van der Waals surface area contributed by atoms with Crippen molar-refractivity contribution in [3.63, 3.8) is 0 Å². The number of fused-ring (bicyclic) bond motifs is 1. The van der Waals surface area contributed by atoms with Gasteiger partial charge in [0.15, 0.2) is 5.82 Å². The van der Waals surface area contributed by atoms with Crippen LogP contribution in [-0.2, 0) is 13.0 Å². The van der Waals surface area contributed by atoms with E-state index < -0.39 is 0 Å². The molecule has 0 unspecified atom stereocenters. The van der Waals surface area contributed by atoms with Crippen LogP contribution in [-0.4, -0.2) is 37.6 Å². The normalized spacial score (nSPS) is 15.6. The van der Waals surface area contributed by atoms with Crippen LogP contribution in [0.3, 0.4) is 0 Å². The van der Waals surface area contributed by atoms with Crippen molar-refractivity contribution < 1.29 is 4.79 Å². The third-order valence-corrected chi connectivity index (χ3v) is 6.25. The SMILES string of the molecule is O=C(NCC1CCCCCC1)c1cn(CCc2nn[nH]n2)c2cccc(Br)c12. The fraction of sp³-hybridized carbons (Fsp3) is 0.500. The summed E-state index contributed by atoms with van der Waals surface area (Å²) in [6.07, 6.45) is 10.2. The van der Waals surface area contributed by atoms with Gasteiger partial charge in [0.1, 0.15) is 0 Å². The molecule has 0 radical (unpaired) electrons.